The Labute approximate surface area is 99.4 Å². The summed E-state index contributed by atoms with van der Waals surface area (Å²) in [6.07, 6.45) is 3.46. The van der Waals surface area contributed by atoms with Gasteiger partial charge in [0.2, 0.25) is 0 Å². The van der Waals surface area contributed by atoms with Crippen LogP contribution in [0.2, 0.25) is 0 Å². The zero-order chi connectivity index (χ0) is 12.0. The van der Waals surface area contributed by atoms with Crippen LogP contribution >= 0.6 is 0 Å². The van der Waals surface area contributed by atoms with Gasteiger partial charge in [-0.3, -0.25) is 0 Å². The van der Waals surface area contributed by atoms with Crippen molar-refractivity contribution < 1.29 is 0 Å². The van der Waals surface area contributed by atoms with Crippen molar-refractivity contribution in [2.45, 2.75) is 33.1 Å². The number of benzene rings is 1. The maximum Gasteiger partial charge on any atom is 0.00416 e. The first-order valence-electron chi connectivity index (χ1n) is 6.09. The Morgan fingerprint density at radius 2 is 1.88 bits per heavy atom. The number of allylic oxidation sites excluding steroid dienone is 1. The van der Waals surface area contributed by atoms with E-state index in [0.717, 1.165) is 18.5 Å². The minimum atomic E-state index is 0.462. The normalized spacial score (nSPS) is 12.7. The summed E-state index contributed by atoms with van der Waals surface area (Å²) in [7, 11) is 0. The monoisotopic (exact) mass is 217 g/mol. The Kier molecular flexibility index (Phi) is 5.10. The van der Waals surface area contributed by atoms with Gasteiger partial charge in [0, 0.05) is 11.6 Å². The molecule has 0 unspecified atom stereocenters. The van der Waals surface area contributed by atoms with Gasteiger partial charge >= 0.3 is 0 Å². The Morgan fingerprint density at radius 3 is 2.38 bits per heavy atom. The Morgan fingerprint density at radius 1 is 1.25 bits per heavy atom. The van der Waals surface area contributed by atoms with E-state index in [1.165, 1.54) is 12.0 Å². The molecule has 0 fully saturated rings. The average Bonchev–Trinajstić information content (AvgIpc) is 2.24. The molecule has 1 nitrogen and oxygen atoms in total. The van der Waals surface area contributed by atoms with Crippen LogP contribution in [0.1, 0.15) is 32.3 Å². The van der Waals surface area contributed by atoms with E-state index in [1.54, 1.807) is 0 Å². The minimum absolute atomic E-state index is 0.462. The van der Waals surface area contributed by atoms with Crippen molar-refractivity contribution in [3.05, 3.63) is 48.2 Å². The van der Waals surface area contributed by atoms with Gasteiger partial charge in [0.15, 0.2) is 0 Å². The van der Waals surface area contributed by atoms with Crippen molar-refractivity contribution in [2.24, 2.45) is 17.6 Å². The van der Waals surface area contributed by atoms with E-state index in [1.807, 2.05) is 0 Å². The minimum Gasteiger partial charge on any atom is -0.402 e. The van der Waals surface area contributed by atoms with Crippen LogP contribution in [0.4, 0.5) is 0 Å². The predicted octanol–water partition coefficient (Wildman–Crippen LogP) is 3.75. The standard InChI is InChI=1S/C15H23N/c1-12(2)15(13(3)16)11-7-10-14-8-5-4-6-9-14/h4-6,8-9,12,15H,3,7,10-11,16H2,1-2H3/t15-/m1/s1. The van der Waals surface area contributed by atoms with Gasteiger partial charge in [-0.2, -0.15) is 0 Å². The summed E-state index contributed by atoms with van der Waals surface area (Å²) in [4.78, 5) is 0. The van der Waals surface area contributed by atoms with Gasteiger partial charge in [-0.1, -0.05) is 50.8 Å². The molecule has 0 aliphatic carbocycles. The largest absolute Gasteiger partial charge is 0.402 e. The van der Waals surface area contributed by atoms with Crippen LogP contribution in [0.5, 0.6) is 0 Å². The summed E-state index contributed by atoms with van der Waals surface area (Å²) in [5, 5.41) is 0. The third-order valence-electron chi connectivity index (χ3n) is 3.10. The fraction of sp³-hybridized carbons (Fsp3) is 0.467. The van der Waals surface area contributed by atoms with Gasteiger partial charge in [-0.15, -0.1) is 0 Å². The van der Waals surface area contributed by atoms with E-state index in [0.29, 0.717) is 11.8 Å². The van der Waals surface area contributed by atoms with E-state index < -0.39 is 0 Å². The molecule has 0 amide bonds. The molecule has 0 aliphatic heterocycles. The lowest BCUT2D eigenvalue weighted by molar-refractivity contribution is 0.402. The molecule has 88 valence electrons. The molecule has 1 atom stereocenters. The maximum atomic E-state index is 5.82. The first kappa shape index (κ1) is 12.8. The summed E-state index contributed by atoms with van der Waals surface area (Å²) in [5.41, 5.74) is 8.07. The van der Waals surface area contributed by atoms with Crippen LogP contribution in [0, 0.1) is 11.8 Å². The molecular weight excluding hydrogens is 194 g/mol. The van der Waals surface area contributed by atoms with Crippen LogP contribution in [-0.4, -0.2) is 0 Å². The summed E-state index contributed by atoms with van der Waals surface area (Å²) in [6.45, 7) is 8.31. The molecule has 0 bridgehead atoms. The Hall–Kier alpha value is -1.24. The smallest absolute Gasteiger partial charge is 0.00416 e. The molecule has 0 radical (unpaired) electrons. The van der Waals surface area contributed by atoms with Gasteiger partial charge in [-0.05, 0) is 30.7 Å². The number of rotatable bonds is 6. The van der Waals surface area contributed by atoms with Crippen molar-refractivity contribution >= 4 is 0 Å². The lowest BCUT2D eigenvalue weighted by Gasteiger charge is -2.20. The molecule has 1 aromatic rings. The van der Waals surface area contributed by atoms with Crippen LogP contribution in [0.3, 0.4) is 0 Å². The van der Waals surface area contributed by atoms with Crippen molar-refractivity contribution in [2.75, 3.05) is 0 Å². The molecule has 2 N–H and O–H groups in total. The second-order valence-corrected chi connectivity index (χ2v) is 4.80. The highest BCUT2D eigenvalue weighted by molar-refractivity contribution is 5.14. The summed E-state index contributed by atoms with van der Waals surface area (Å²) >= 11 is 0. The highest BCUT2D eigenvalue weighted by Crippen LogP contribution is 2.22. The fourth-order valence-electron chi connectivity index (χ4n) is 2.12. The van der Waals surface area contributed by atoms with Gasteiger partial charge in [-0.25, -0.2) is 0 Å². The van der Waals surface area contributed by atoms with Gasteiger partial charge in [0.1, 0.15) is 0 Å². The number of aryl methyl sites for hydroxylation is 1. The van der Waals surface area contributed by atoms with Crippen molar-refractivity contribution in [3.8, 4) is 0 Å². The summed E-state index contributed by atoms with van der Waals surface area (Å²) in [5.74, 6) is 1.05. The topological polar surface area (TPSA) is 26.0 Å². The third-order valence-corrected chi connectivity index (χ3v) is 3.10. The maximum absolute atomic E-state index is 5.82. The van der Waals surface area contributed by atoms with Crippen molar-refractivity contribution in [1.82, 2.24) is 0 Å². The first-order chi connectivity index (χ1) is 7.61. The predicted molar refractivity (Wildman–Crippen MR) is 71.0 cm³/mol. The van der Waals surface area contributed by atoms with E-state index in [9.17, 15) is 0 Å². The van der Waals surface area contributed by atoms with Crippen LogP contribution < -0.4 is 5.73 Å². The van der Waals surface area contributed by atoms with Crippen molar-refractivity contribution in [1.29, 1.82) is 0 Å². The Bertz CT molecular complexity index is 313. The van der Waals surface area contributed by atoms with Crippen LogP contribution in [0.25, 0.3) is 0 Å². The third kappa shape index (κ3) is 4.09. The van der Waals surface area contributed by atoms with Crippen LogP contribution in [-0.2, 0) is 6.42 Å². The van der Waals surface area contributed by atoms with Crippen molar-refractivity contribution in [3.63, 3.8) is 0 Å². The molecule has 1 rings (SSSR count). The summed E-state index contributed by atoms with van der Waals surface area (Å²) < 4.78 is 0. The first-order valence-corrected chi connectivity index (χ1v) is 6.09. The second kappa shape index (κ2) is 6.37. The van der Waals surface area contributed by atoms with E-state index in [4.69, 9.17) is 5.73 Å². The average molecular weight is 217 g/mol. The number of hydrogen-bond acceptors (Lipinski definition) is 1. The molecular formula is C15H23N. The fourth-order valence-corrected chi connectivity index (χ4v) is 2.12. The molecule has 16 heavy (non-hydrogen) atoms. The quantitative estimate of drug-likeness (QED) is 0.771. The highest BCUT2D eigenvalue weighted by Gasteiger charge is 2.14. The zero-order valence-corrected chi connectivity index (χ0v) is 10.4. The lowest BCUT2D eigenvalue weighted by Crippen LogP contribution is -2.17. The van der Waals surface area contributed by atoms with Gasteiger partial charge in [0.25, 0.3) is 0 Å². The molecule has 0 saturated heterocycles. The number of hydrogen-bond donors (Lipinski definition) is 1. The molecule has 0 aromatic heterocycles. The second-order valence-electron chi connectivity index (χ2n) is 4.80. The lowest BCUT2D eigenvalue weighted by atomic mass is 9.88. The molecule has 1 aromatic carbocycles. The van der Waals surface area contributed by atoms with Gasteiger partial charge in [0.05, 0.1) is 0 Å². The molecule has 0 spiro atoms. The van der Waals surface area contributed by atoms with E-state index in [-0.39, 0.29) is 0 Å². The van der Waals surface area contributed by atoms with E-state index in [2.05, 4.69) is 50.8 Å². The van der Waals surface area contributed by atoms with Crippen LogP contribution in [0.15, 0.2) is 42.6 Å². The van der Waals surface area contributed by atoms with E-state index >= 15 is 0 Å². The number of nitrogens with two attached hydrogens (primary N) is 1. The summed E-state index contributed by atoms with van der Waals surface area (Å²) in [6, 6.07) is 10.6. The molecule has 0 aliphatic rings. The zero-order valence-electron chi connectivity index (χ0n) is 10.4. The SMILES string of the molecule is C=C(N)[C@H](CCCc1ccccc1)C(C)C. The molecule has 0 heterocycles. The molecule has 0 saturated carbocycles. The Balaban J connectivity index is 2.37. The molecule has 1 heteroatoms. The van der Waals surface area contributed by atoms with Gasteiger partial charge < -0.3 is 5.73 Å². The highest BCUT2D eigenvalue weighted by atomic mass is 14.6.